The zero-order valence-corrected chi connectivity index (χ0v) is 17.6. The number of hydrogen-bond acceptors (Lipinski definition) is 2. The standard InChI is InChI=1S/C25H30N2O2/c1-4-5-11-22-24(20-9-7-6-8-10-20)23(25(26)28)18(2)27(22)17-16-19-12-14-21(29-3)15-13-19/h6-10,12-15H,4-5,11,16-17H2,1-3H3,(H2,26,28). The van der Waals surface area contributed by atoms with Crippen LogP contribution >= 0.6 is 0 Å². The van der Waals surface area contributed by atoms with E-state index in [1.54, 1.807) is 7.11 Å². The number of rotatable bonds is 9. The molecule has 1 aromatic heterocycles. The van der Waals surface area contributed by atoms with Gasteiger partial charge in [-0.15, -0.1) is 0 Å². The number of benzene rings is 2. The molecule has 0 aliphatic carbocycles. The number of hydrogen-bond donors (Lipinski definition) is 1. The van der Waals surface area contributed by atoms with E-state index in [-0.39, 0.29) is 5.91 Å². The van der Waals surface area contributed by atoms with E-state index >= 15 is 0 Å². The molecule has 0 bridgehead atoms. The Morgan fingerprint density at radius 1 is 1.03 bits per heavy atom. The number of aryl methyl sites for hydroxylation is 1. The summed E-state index contributed by atoms with van der Waals surface area (Å²) in [5.74, 6) is 0.499. The van der Waals surface area contributed by atoms with E-state index in [1.807, 2.05) is 37.3 Å². The summed E-state index contributed by atoms with van der Waals surface area (Å²) in [6, 6.07) is 18.3. The zero-order chi connectivity index (χ0) is 20.8. The normalized spacial score (nSPS) is 10.9. The van der Waals surface area contributed by atoms with Crippen molar-refractivity contribution in [3.8, 4) is 16.9 Å². The lowest BCUT2D eigenvalue weighted by Gasteiger charge is -2.13. The number of carbonyl (C=O) groups is 1. The predicted octanol–water partition coefficient (Wildman–Crippen LogP) is 5.16. The highest BCUT2D eigenvalue weighted by Crippen LogP contribution is 2.34. The van der Waals surface area contributed by atoms with Gasteiger partial charge in [-0.2, -0.15) is 0 Å². The van der Waals surface area contributed by atoms with Crippen molar-refractivity contribution in [3.05, 3.63) is 77.1 Å². The van der Waals surface area contributed by atoms with Crippen molar-refractivity contribution in [2.75, 3.05) is 7.11 Å². The van der Waals surface area contributed by atoms with E-state index in [0.717, 1.165) is 54.8 Å². The maximum atomic E-state index is 12.4. The number of nitrogens with two attached hydrogens (primary N) is 1. The van der Waals surface area contributed by atoms with Crippen LogP contribution in [0.3, 0.4) is 0 Å². The summed E-state index contributed by atoms with van der Waals surface area (Å²) in [7, 11) is 1.68. The van der Waals surface area contributed by atoms with Crippen molar-refractivity contribution < 1.29 is 9.53 Å². The maximum Gasteiger partial charge on any atom is 0.251 e. The molecule has 1 amide bonds. The highest BCUT2D eigenvalue weighted by molar-refractivity contribution is 6.02. The second-order valence-corrected chi connectivity index (χ2v) is 7.37. The second kappa shape index (κ2) is 9.46. The number of carbonyl (C=O) groups excluding carboxylic acids is 1. The van der Waals surface area contributed by atoms with Crippen LogP contribution < -0.4 is 10.5 Å². The Bertz CT molecular complexity index is 957. The average molecular weight is 391 g/mol. The van der Waals surface area contributed by atoms with Gasteiger partial charge in [0, 0.05) is 23.5 Å². The zero-order valence-electron chi connectivity index (χ0n) is 17.6. The van der Waals surface area contributed by atoms with E-state index < -0.39 is 0 Å². The summed E-state index contributed by atoms with van der Waals surface area (Å²) in [5, 5.41) is 0. The van der Waals surface area contributed by atoms with Crippen molar-refractivity contribution in [3.63, 3.8) is 0 Å². The first-order valence-corrected chi connectivity index (χ1v) is 10.3. The van der Waals surface area contributed by atoms with Crippen LogP contribution in [0.2, 0.25) is 0 Å². The fraction of sp³-hybridized carbons (Fsp3) is 0.320. The molecule has 0 radical (unpaired) electrons. The van der Waals surface area contributed by atoms with Gasteiger partial charge < -0.3 is 15.0 Å². The molecule has 0 aliphatic heterocycles. The molecule has 4 heteroatoms. The fourth-order valence-electron chi connectivity index (χ4n) is 3.95. The van der Waals surface area contributed by atoms with Crippen molar-refractivity contribution in [2.24, 2.45) is 5.73 Å². The van der Waals surface area contributed by atoms with E-state index in [0.29, 0.717) is 5.56 Å². The van der Waals surface area contributed by atoms with Crippen LogP contribution in [0.1, 0.15) is 47.1 Å². The largest absolute Gasteiger partial charge is 0.497 e. The first-order chi connectivity index (χ1) is 14.1. The van der Waals surface area contributed by atoms with Crippen molar-refractivity contribution >= 4 is 5.91 Å². The molecule has 2 aromatic carbocycles. The molecule has 4 nitrogen and oxygen atoms in total. The van der Waals surface area contributed by atoms with Gasteiger partial charge in [-0.25, -0.2) is 0 Å². The lowest BCUT2D eigenvalue weighted by atomic mass is 9.97. The summed E-state index contributed by atoms with van der Waals surface area (Å²) in [6.45, 7) is 5.01. The lowest BCUT2D eigenvalue weighted by molar-refractivity contribution is 0.1000. The molecule has 0 unspecified atom stereocenters. The topological polar surface area (TPSA) is 57.2 Å². The van der Waals surface area contributed by atoms with Crippen LogP contribution in [-0.4, -0.2) is 17.6 Å². The number of aromatic nitrogens is 1. The third kappa shape index (κ3) is 4.53. The van der Waals surface area contributed by atoms with Gasteiger partial charge in [0.05, 0.1) is 12.7 Å². The Kier molecular flexibility index (Phi) is 6.76. The van der Waals surface area contributed by atoms with E-state index in [9.17, 15) is 4.79 Å². The van der Waals surface area contributed by atoms with Crippen LogP contribution in [0.5, 0.6) is 5.75 Å². The average Bonchev–Trinajstić information content (AvgIpc) is 3.03. The number of primary amides is 1. The molecule has 1 heterocycles. The molecule has 0 fully saturated rings. The van der Waals surface area contributed by atoms with E-state index in [2.05, 4.69) is 35.8 Å². The fourth-order valence-corrected chi connectivity index (χ4v) is 3.95. The third-order valence-corrected chi connectivity index (χ3v) is 5.49. The number of methoxy groups -OCH3 is 1. The van der Waals surface area contributed by atoms with Gasteiger partial charge in [-0.1, -0.05) is 55.8 Å². The predicted molar refractivity (Wildman–Crippen MR) is 118 cm³/mol. The number of unbranched alkanes of at least 4 members (excludes halogenated alkanes) is 1. The third-order valence-electron chi connectivity index (χ3n) is 5.49. The van der Waals surface area contributed by atoms with Gasteiger partial charge in [-0.05, 0) is 49.4 Å². The van der Waals surface area contributed by atoms with Gasteiger partial charge >= 0.3 is 0 Å². The number of nitrogens with zero attached hydrogens (tertiary/aromatic N) is 1. The molecule has 0 aliphatic rings. The summed E-state index contributed by atoms with van der Waals surface area (Å²) in [4.78, 5) is 12.4. The molecule has 0 atom stereocenters. The molecule has 3 rings (SSSR count). The Morgan fingerprint density at radius 2 is 1.72 bits per heavy atom. The minimum atomic E-state index is -0.359. The maximum absolute atomic E-state index is 12.4. The highest BCUT2D eigenvalue weighted by atomic mass is 16.5. The second-order valence-electron chi connectivity index (χ2n) is 7.37. The van der Waals surface area contributed by atoms with Crippen LogP contribution in [-0.2, 0) is 19.4 Å². The minimum Gasteiger partial charge on any atom is -0.497 e. The molecular weight excluding hydrogens is 360 g/mol. The molecular formula is C25H30N2O2. The van der Waals surface area contributed by atoms with Crippen molar-refractivity contribution in [2.45, 2.75) is 46.1 Å². The lowest BCUT2D eigenvalue weighted by Crippen LogP contribution is -2.14. The van der Waals surface area contributed by atoms with E-state index in [1.165, 1.54) is 11.3 Å². The molecule has 152 valence electrons. The van der Waals surface area contributed by atoms with Crippen LogP contribution in [0.15, 0.2) is 54.6 Å². The minimum absolute atomic E-state index is 0.359. The van der Waals surface area contributed by atoms with Gasteiger partial charge in [0.2, 0.25) is 0 Å². The Labute approximate surface area is 173 Å². The van der Waals surface area contributed by atoms with Crippen LogP contribution in [0, 0.1) is 6.92 Å². The molecule has 0 saturated carbocycles. The summed E-state index contributed by atoms with van der Waals surface area (Å²) < 4.78 is 7.55. The molecule has 3 aromatic rings. The smallest absolute Gasteiger partial charge is 0.251 e. The summed E-state index contributed by atoms with van der Waals surface area (Å²) in [5.41, 5.74) is 11.9. The van der Waals surface area contributed by atoms with E-state index in [4.69, 9.17) is 10.5 Å². The summed E-state index contributed by atoms with van der Waals surface area (Å²) in [6.07, 6.45) is 3.98. The quantitative estimate of drug-likeness (QED) is 0.549. The SMILES string of the molecule is CCCCc1c(-c2ccccc2)c(C(N)=O)c(C)n1CCc1ccc(OC)cc1. The molecule has 29 heavy (non-hydrogen) atoms. The Balaban J connectivity index is 2.03. The van der Waals surface area contributed by atoms with Crippen LogP contribution in [0.25, 0.3) is 11.1 Å². The van der Waals surface area contributed by atoms with Crippen molar-refractivity contribution in [1.29, 1.82) is 0 Å². The number of ether oxygens (including phenoxy) is 1. The highest BCUT2D eigenvalue weighted by Gasteiger charge is 2.24. The van der Waals surface area contributed by atoms with Gasteiger partial charge in [0.25, 0.3) is 5.91 Å². The van der Waals surface area contributed by atoms with Crippen molar-refractivity contribution in [1.82, 2.24) is 4.57 Å². The van der Waals surface area contributed by atoms with Crippen LogP contribution in [0.4, 0.5) is 0 Å². The molecule has 0 saturated heterocycles. The van der Waals surface area contributed by atoms with Gasteiger partial charge in [-0.3, -0.25) is 4.79 Å². The summed E-state index contributed by atoms with van der Waals surface area (Å²) >= 11 is 0. The van der Waals surface area contributed by atoms with Gasteiger partial charge in [0.15, 0.2) is 0 Å². The van der Waals surface area contributed by atoms with Gasteiger partial charge in [0.1, 0.15) is 5.75 Å². The molecule has 2 N–H and O–H groups in total. The first kappa shape index (κ1) is 20.7. The molecule has 0 spiro atoms. The first-order valence-electron chi connectivity index (χ1n) is 10.3. The monoisotopic (exact) mass is 390 g/mol. The number of amides is 1. The Hall–Kier alpha value is -3.01. The Morgan fingerprint density at radius 3 is 2.31 bits per heavy atom.